The molecule has 0 atom stereocenters. The van der Waals surface area contributed by atoms with Crippen molar-refractivity contribution in [1.29, 1.82) is 0 Å². The fraction of sp³-hybridized carbons (Fsp3) is 0.0704. The lowest BCUT2D eigenvalue weighted by Gasteiger charge is -2.40. The number of anilines is 6. The number of fused-ring (bicyclic) bond motifs is 12. The zero-order valence-corrected chi connectivity index (χ0v) is 41.6. The summed E-state index contributed by atoms with van der Waals surface area (Å²) in [5.74, 6) is 1.72. The van der Waals surface area contributed by atoms with Gasteiger partial charge in [0.15, 0.2) is 0 Å². The molecule has 0 bridgehead atoms. The summed E-state index contributed by atoms with van der Waals surface area (Å²) >= 11 is 0. The van der Waals surface area contributed by atoms with E-state index >= 15 is 0 Å². The van der Waals surface area contributed by atoms with Crippen LogP contribution in [-0.4, -0.2) is 0 Å². The molecule has 0 fully saturated rings. The maximum Gasteiger partial charge on any atom is 0.132 e. The SMILES string of the molecule is Cc1ccccc1N(c1ccccc1)c1ccc(-c2ccc3c(c2)C2(c4cc(N(c5ccc(-c6ccccc6)cc5)c5ccc6c(c5)C(C)(C)c5ccccc5-6)ccc4O3)c3ccccc3-c3ccccc32)cc1. The van der Waals surface area contributed by atoms with E-state index in [2.05, 4.69) is 291 Å². The lowest BCUT2D eigenvalue weighted by Crippen LogP contribution is -2.32. The molecule has 11 aromatic carbocycles. The summed E-state index contributed by atoms with van der Waals surface area (Å²) in [7, 11) is 0. The van der Waals surface area contributed by atoms with Crippen LogP contribution in [0.4, 0.5) is 34.1 Å². The third-order valence-electron chi connectivity index (χ3n) is 16.1. The molecule has 3 nitrogen and oxygen atoms in total. The monoisotopic (exact) mass is 948 g/mol. The van der Waals surface area contributed by atoms with E-state index in [0.29, 0.717) is 0 Å². The van der Waals surface area contributed by atoms with E-state index < -0.39 is 5.41 Å². The molecule has 11 aromatic rings. The van der Waals surface area contributed by atoms with Gasteiger partial charge in [-0.1, -0.05) is 190 Å². The van der Waals surface area contributed by atoms with Crippen LogP contribution < -0.4 is 14.5 Å². The molecule has 0 amide bonds. The van der Waals surface area contributed by atoms with Gasteiger partial charge in [-0.3, -0.25) is 0 Å². The zero-order valence-electron chi connectivity index (χ0n) is 41.6. The molecular weight excluding hydrogens is 897 g/mol. The molecule has 1 aliphatic heterocycles. The van der Waals surface area contributed by atoms with Crippen LogP contribution >= 0.6 is 0 Å². The fourth-order valence-corrected chi connectivity index (χ4v) is 12.5. The largest absolute Gasteiger partial charge is 0.457 e. The van der Waals surface area contributed by atoms with Gasteiger partial charge in [-0.2, -0.15) is 0 Å². The van der Waals surface area contributed by atoms with Gasteiger partial charge in [-0.05, 0) is 164 Å². The second-order valence-electron chi connectivity index (χ2n) is 20.5. The summed E-state index contributed by atoms with van der Waals surface area (Å²) in [6, 6.07) is 95.6. The van der Waals surface area contributed by atoms with Gasteiger partial charge in [0.05, 0.1) is 5.41 Å². The van der Waals surface area contributed by atoms with Crippen LogP contribution in [-0.2, 0) is 10.8 Å². The quantitative estimate of drug-likeness (QED) is 0.151. The van der Waals surface area contributed by atoms with Gasteiger partial charge in [0.25, 0.3) is 0 Å². The van der Waals surface area contributed by atoms with Crippen molar-refractivity contribution in [3.05, 3.63) is 300 Å². The molecule has 2 aliphatic carbocycles. The van der Waals surface area contributed by atoms with Gasteiger partial charge in [-0.25, -0.2) is 0 Å². The van der Waals surface area contributed by atoms with E-state index in [0.717, 1.165) is 67.9 Å². The first-order valence-electron chi connectivity index (χ1n) is 25.7. The van der Waals surface area contributed by atoms with Crippen LogP contribution in [0.5, 0.6) is 11.5 Å². The highest BCUT2D eigenvalue weighted by molar-refractivity contribution is 5.92. The minimum atomic E-state index is -0.693. The number of hydrogen-bond donors (Lipinski definition) is 0. The maximum absolute atomic E-state index is 7.15. The van der Waals surface area contributed by atoms with E-state index in [1.807, 2.05) is 0 Å². The van der Waals surface area contributed by atoms with Crippen LogP contribution in [0.1, 0.15) is 52.8 Å². The molecule has 14 rings (SSSR count). The van der Waals surface area contributed by atoms with Crippen LogP contribution in [0.15, 0.2) is 261 Å². The van der Waals surface area contributed by atoms with Crippen LogP contribution in [0.25, 0.3) is 44.5 Å². The van der Waals surface area contributed by atoms with Crippen molar-refractivity contribution in [3.8, 4) is 56.0 Å². The first kappa shape index (κ1) is 43.6. The van der Waals surface area contributed by atoms with Crippen LogP contribution in [0.2, 0.25) is 0 Å². The van der Waals surface area contributed by atoms with E-state index in [1.165, 1.54) is 61.2 Å². The topological polar surface area (TPSA) is 15.7 Å². The average Bonchev–Trinajstić information content (AvgIpc) is 3.98. The predicted molar refractivity (Wildman–Crippen MR) is 306 cm³/mol. The van der Waals surface area contributed by atoms with Crippen molar-refractivity contribution < 1.29 is 4.74 Å². The van der Waals surface area contributed by atoms with Gasteiger partial charge in [0.1, 0.15) is 11.5 Å². The molecule has 3 heteroatoms. The third-order valence-corrected chi connectivity index (χ3v) is 16.1. The number of para-hydroxylation sites is 2. The molecular formula is C71H52N2O. The zero-order chi connectivity index (χ0) is 49.5. The molecule has 0 N–H and O–H groups in total. The van der Waals surface area contributed by atoms with Crippen LogP contribution in [0, 0.1) is 6.92 Å². The molecule has 0 aromatic heterocycles. The lowest BCUT2D eigenvalue weighted by atomic mass is 9.65. The normalized spacial score (nSPS) is 13.7. The Bertz CT molecular complexity index is 3920. The van der Waals surface area contributed by atoms with Gasteiger partial charge >= 0.3 is 0 Å². The molecule has 1 heterocycles. The Morgan fingerprint density at radius 3 is 1.36 bits per heavy atom. The second-order valence-corrected chi connectivity index (χ2v) is 20.5. The molecule has 0 saturated heterocycles. The van der Waals surface area contributed by atoms with Gasteiger partial charge in [0, 0.05) is 50.7 Å². The van der Waals surface area contributed by atoms with E-state index in [4.69, 9.17) is 4.74 Å². The van der Waals surface area contributed by atoms with E-state index in [9.17, 15) is 0 Å². The minimum Gasteiger partial charge on any atom is -0.457 e. The Balaban J connectivity index is 0.946. The summed E-state index contributed by atoms with van der Waals surface area (Å²) < 4.78 is 7.15. The minimum absolute atomic E-state index is 0.167. The highest BCUT2D eigenvalue weighted by Gasteiger charge is 2.51. The van der Waals surface area contributed by atoms with E-state index in [1.54, 1.807) is 0 Å². The van der Waals surface area contributed by atoms with Gasteiger partial charge < -0.3 is 14.5 Å². The average molecular weight is 949 g/mol. The van der Waals surface area contributed by atoms with Gasteiger partial charge in [-0.15, -0.1) is 0 Å². The molecule has 1 spiro atoms. The van der Waals surface area contributed by atoms with Crippen molar-refractivity contribution >= 4 is 34.1 Å². The molecule has 74 heavy (non-hydrogen) atoms. The summed E-state index contributed by atoms with van der Waals surface area (Å²) in [5, 5.41) is 0. The Morgan fingerprint density at radius 1 is 0.297 bits per heavy atom. The first-order valence-corrected chi connectivity index (χ1v) is 25.7. The molecule has 0 saturated carbocycles. The first-order chi connectivity index (χ1) is 36.4. The molecule has 352 valence electrons. The number of ether oxygens (including phenoxy) is 1. The Morgan fingerprint density at radius 2 is 0.716 bits per heavy atom. The Labute approximate surface area is 433 Å². The van der Waals surface area contributed by atoms with E-state index in [-0.39, 0.29) is 5.41 Å². The smallest absolute Gasteiger partial charge is 0.132 e. The highest BCUT2D eigenvalue weighted by Crippen LogP contribution is 2.63. The van der Waals surface area contributed by atoms with Crippen molar-refractivity contribution in [1.82, 2.24) is 0 Å². The lowest BCUT2D eigenvalue weighted by molar-refractivity contribution is 0.436. The predicted octanol–water partition coefficient (Wildman–Crippen LogP) is 19.0. The fourth-order valence-electron chi connectivity index (χ4n) is 12.5. The number of hydrogen-bond acceptors (Lipinski definition) is 3. The molecule has 0 unspecified atom stereocenters. The summed E-state index contributed by atoms with van der Waals surface area (Å²) in [4.78, 5) is 4.79. The summed E-state index contributed by atoms with van der Waals surface area (Å²) in [6.45, 7) is 6.90. The second kappa shape index (κ2) is 17.0. The summed E-state index contributed by atoms with van der Waals surface area (Å²) in [5.41, 5.74) is 24.2. The number of aryl methyl sites for hydroxylation is 1. The van der Waals surface area contributed by atoms with Crippen molar-refractivity contribution in [2.24, 2.45) is 0 Å². The van der Waals surface area contributed by atoms with Crippen molar-refractivity contribution in [2.45, 2.75) is 31.6 Å². The Kier molecular flexibility index (Phi) is 10.00. The van der Waals surface area contributed by atoms with Crippen LogP contribution in [0.3, 0.4) is 0 Å². The number of rotatable bonds is 8. The standard InChI is InChI=1S/C71H52N2O/c1-47-18-10-17-29-67(47)73(52-21-8-5-9-22-52)54-37-32-50(33-38-54)51-34-42-68-65(44-51)71(62-27-15-12-24-58(62)59-25-13-16-28-63(59)71)66-46-56(40-43-69(66)74-68)72(53-35-30-49(31-36-53)48-19-6-4-7-20-48)55-39-41-60-57-23-11-14-26-61(57)70(2,3)64(60)45-55/h4-46H,1-3H3. The molecule has 3 aliphatic rings. The number of benzene rings is 11. The third kappa shape index (κ3) is 6.66. The van der Waals surface area contributed by atoms with Crippen molar-refractivity contribution in [3.63, 3.8) is 0 Å². The number of nitrogens with zero attached hydrogens (tertiary/aromatic N) is 2. The Hall–Kier alpha value is -9.18. The molecule has 0 radical (unpaired) electrons. The van der Waals surface area contributed by atoms with Crippen molar-refractivity contribution in [2.75, 3.05) is 9.80 Å². The summed E-state index contributed by atoms with van der Waals surface area (Å²) in [6.07, 6.45) is 0. The van der Waals surface area contributed by atoms with Gasteiger partial charge in [0.2, 0.25) is 0 Å². The highest BCUT2D eigenvalue weighted by atomic mass is 16.5. The maximum atomic E-state index is 7.15.